The number of nitrogens with zero attached hydrogens (tertiary/aromatic N) is 4. The molecule has 1 aromatic carbocycles. The van der Waals surface area contributed by atoms with Crippen LogP contribution in [0.15, 0.2) is 40.2 Å². The highest BCUT2D eigenvalue weighted by Gasteiger charge is 2.22. The number of thiophene rings is 1. The molecule has 0 radical (unpaired) electrons. The molecule has 4 rings (SSSR count). The molecule has 1 amide bonds. The van der Waals surface area contributed by atoms with Gasteiger partial charge in [0, 0.05) is 32.3 Å². The van der Waals surface area contributed by atoms with E-state index >= 15 is 0 Å². The van der Waals surface area contributed by atoms with Gasteiger partial charge in [-0.3, -0.25) is 9.69 Å². The molecule has 2 aromatic heterocycles. The predicted octanol–water partition coefficient (Wildman–Crippen LogP) is 3.83. The zero-order valence-corrected chi connectivity index (χ0v) is 19.4. The van der Waals surface area contributed by atoms with Crippen molar-refractivity contribution in [1.29, 1.82) is 0 Å². The molecule has 10 heteroatoms. The molecule has 1 aliphatic heterocycles. The lowest BCUT2D eigenvalue weighted by Gasteiger charge is -2.33. The van der Waals surface area contributed by atoms with Gasteiger partial charge in [0.1, 0.15) is 0 Å². The van der Waals surface area contributed by atoms with Crippen LogP contribution in [0.4, 0.5) is 0 Å². The Hall–Kier alpha value is -2.88. The average Bonchev–Trinajstić information content (AvgIpc) is 3.49. The number of amides is 1. The number of methoxy groups -OCH3 is 2. The van der Waals surface area contributed by atoms with Crippen molar-refractivity contribution in [2.75, 3.05) is 40.4 Å². The average molecular weight is 475 g/mol. The summed E-state index contributed by atoms with van der Waals surface area (Å²) in [4.78, 5) is 22.1. The topological polar surface area (TPSA) is 80.9 Å². The largest absolute Gasteiger partial charge is 0.493 e. The maximum Gasteiger partial charge on any atom is 0.246 e. The van der Waals surface area contributed by atoms with E-state index in [1.165, 1.54) is 7.11 Å². The fraction of sp³-hybridized carbons (Fsp3) is 0.318. The van der Waals surface area contributed by atoms with E-state index in [2.05, 4.69) is 15.0 Å². The Bertz CT molecular complexity index is 1090. The van der Waals surface area contributed by atoms with E-state index in [1.54, 1.807) is 42.7 Å². The van der Waals surface area contributed by atoms with E-state index in [0.717, 1.165) is 23.5 Å². The van der Waals surface area contributed by atoms with E-state index in [-0.39, 0.29) is 5.91 Å². The van der Waals surface area contributed by atoms with Crippen molar-refractivity contribution in [3.05, 3.63) is 52.2 Å². The molecule has 1 aliphatic rings. The van der Waals surface area contributed by atoms with Gasteiger partial charge >= 0.3 is 0 Å². The van der Waals surface area contributed by atoms with Crippen LogP contribution in [0.3, 0.4) is 0 Å². The second kappa shape index (κ2) is 10.2. The third kappa shape index (κ3) is 5.12. The van der Waals surface area contributed by atoms with Gasteiger partial charge in [-0.05, 0) is 35.2 Å². The maximum absolute atomic E-state index is 12.6. The number of ether oxygens (including phenoxy) is 2. The molecule has 8 nitrogen and oxygen atoms in total. The minimum absolute atomic E-state index is 0.0478. The first-order valence-electron chi connectivity index (χ1n) is 10.0. The lowest BCUT2D eigenvalue weighted by molar-refractivity contribution is -0.127. The summed E-state index contributed by atoms with van der Waals surface area (Å²) in [5.74, 6) is 2.14. The highest BCUT2D eigenvalue weighted by atomic mass is 35.5. The van der Waals surface area contributed by atoms with Crippen molar-refractivity contribution in [2.24, 2.45) is 0 Å². The molecule has 0 aliphatic carbocycles. The fourth-order valence-electron chi connectivity index (χ4n) is 3.45. The number of carbonyl (C=O) groups is 1. The molecule has 0 bridgehead atoms. The summed E-state index contributed by atoms with van der Waals surface area (Å²) in [6.07, 6.45) is 3.28. The predicted molar refractivity (Wildman–Crippen MR) is 123 cm³/mol. The monoisotopic (exact) mass is 474 g/mol. The zero-order valence-electron chi connectivity index (χ0n) is 17.8. The van der Waals surface area contributed by atoms with Gasteiger partial charge in [0.25, 0.3) is 0 Å². The van der Waals surface area contributed by atoms with Crippen molar-refractivity contribution in [3.8, 4) is 22.2 Å². The lowest BCUT2D eigenvalue weighted by atomic mass is 10.1. The summed E-state index contributed by atoms with van der Waals surface area (Å²) in [5, 5.41) is 6.46. The molecule has 1 fully saturated rings. The number of hydrogen-bond acceptors (Lipinski definition) is 8. The normalized spacial score (nSPS) is 14.8. The Morgan fingerprint density at radius 1 is 1.25 bits per heavy atom. The van der Waals surface area contributed by atoms with Gasteiger partial charge in [0.15, 0.2) is 11.5 Å². The van der Waals surface area contributed by atoms with Crippen LogP contribution >= 0.6 is 22.9 Å². The van der Waals surface area contributed by atoms with E-state index in [9.17, 15) is 4.79 Å². The van der Waals surface area contributed by atoms with Crippen molar-refractivity contribution < 1.29 is 18.8 Å². The molecular weight excluding hydrogens is 452 g/mol. The molecule has 0 saturated carbocycles. The van der Waals surface area contributed by atoms with Crippen LogP contribution in [-0.4, -0.2) is 66.2 Å². The highest BCUT2D eigenvalue weighted by Crippen LogP contribution is 2.36. The van der Waals surface area contributed by atoms with Gasteiger partial charge in [0.05, 0.1) is 30.7 Å². The first-order chi connectivity index (χ1) is 15.6. The smallest absolute Gasteiger partial charge is 0.246 e. The van der Waals surface area contributed by atoms with Crippen LogP contribution in [0.25, 0.3) is 16.8 Å². The summed E-state index contributed by atoms with van der Waals surface area (Å²) in [6.45, 7) is 3.29. The number of carbonyl (C=O) groups excluding carboxylic acids is 1. The Morgan fingerprint density at radius 3 is 2.75 bits per heavy atom. The third-order valence-electron chi connectivity index (χ3n) is 5.13. The molecule has 3 heterocycles. The molecule has 3 aromatic rings. The molecule has 0 unspecified atom stereocenters. The van der Waals surface area contributed by atoms with Crippen molar-refractivity contribution in [3.63, 3.8) is 0 Å². The van der Waals surface area contributed by atoms with Crippen LogP contribution in [0.5, 0.6) is 11.5 Å². The number of hydrogen-bond donors (Lipinski definition) is 0. The van der Waals surface area contributed by atoms with Crippen LogP contribution in [0, 0.1) is 0 Å². The molecule has 0 N–H and O–H groups in total. The Morgan fingerprint density at radius 2 is 2.06 bits per heavy atom. The number of piperazine rings is 1. The maximum atomic E-state index is 12.6. The summed E-state index contributed by atoms with van der Waals surface area (Å²) in [6, 6.07) is 7.44. The Kier molecular flexibility index (Phi) is 7.09. The van der Waals surface area contributed by atoms with Crippen LogP contribution in [0.2, 0.25) is 5.02 Å². The van der Waals surface area contributed by atoms with E-state index in [0.29, 0.717) is 47.9 Å². The fourth-order valence-corrected chi connectivity index (χ4v) is 4.40. The second-order valence-electron chi connectivity index (χ2n) is 7.16. The molecule has 168 valence electrons. The van der Waals surface area contributed by atoms with Crippen LogP contribution in [-0.2, 0) is 11.3 Å². The lowest BCUT2D eigenvalue weighted by Crippen LogP contribution is -2.47. The second-order valence-corrected chi connectivity index (χ2v) is 8.52. The van der Waals surface area contributed by atoms with E-state index < -0.39 is 0 Å². The Balaban J connectivity index is 1.30. The van der Waals surface area contributed by atoms with Crippen LogP contribution < -0.4 is 9.47 Å². The minimum atomic E-state index is -0.0478. The number of rotatable bonds is 7. The highest BCUT2D eigenvalue weighted by molar-refractivity contribution is 7.13. The zero-order chi connectivity index (χ0) is 22.5. The van der Waals surface area contributed by atoms with Gasteiger partial charge in [-0.25, -0.2) is 0 Å². The van der Waals surface area contributed by atoms with Crippen molar-refractivity contribution >= 4 is 34.9 Å². The first-order valence-corrected chi connectivity index (χ1v) is 11.3. The summed E-state index contributed by atoms with van der Waals surface area (Å²) >= 11 is 7.81. The first kappa shape index (κ1) is 22.3. The summed E-state index contributed by atoms with van der Waals surface area (Å²) < 4.78 is 15.9. The number of benzene rings is 1. The molecule has 0 atom stereocenters. The van der Waals surface area contributed by atoms with Crippen LogP contribution in [0.1, 0.15) is 11.5 Å². The standard InChI is InChI=1S/C22H23ClN4O4S/c1-29-17-13-15(12-16(23)21(17)30-2)5-6-20(28)27-9-7-26(8-10-27)14-19-24-22(25-31-19)18-4-3-11-32-18/h3-6,11-13H,7-10,14H2,1-2H3/b6-5+. The van der Waals surface area contributed by atoms with Gasteiger partial charge < -0.3 is 18.9 Å². The van der Waals surface area contributed by atoms with E-state index in [4.69, 9.17) is 25.6 Å². The summed E-state index contributed by atoms with van der Waals surface area (Å²) in [5.41, 5.74) is 0.762. The minimum Gasteiger partial charge on any atom is -0.493 e. The number of halogens is 1. The third-order valence-corrected chi connectivity index (χ3v) is 6.27. The van der Waals surface area contributed by atoms with Gasteiger partial charge in [-0.2, -0.15) is 4.98 Å². The molecular formula is C22H23ClN4O4S. The SMILES string of the molecule is COc1cc(/C=C/C(=O)N2CCN(Cc3nc(-c4cccs4)no3)CC2)cc(Cl)c1OC. The van der Waals surface area contributed by atoms with Crippen molar-refractivity contribution in [2.45, 2.75) is 6.54 Å². The van der Waals surface area contributed by atoms with Crippen molar-refractivity contribution in [1.82, 2.24) is 19.9 Å². The van der Waals surface area contributed by atoms with Gasteiger partial charge in [-0.15, -0.1) is 11.3 Å². The summed E-state index contributed by atoms with van der Waals surface area (Å²) in [7, 11) is 3.08. The molecule has 0 spiro atoms. The molecule has 1 saturated heterocycles. The van der Waals surface area contributed by atoms with E-state index in [1.807, 2.05) is 22.4 Å². The molecule has 32 heavy (non-hydrogen) atoms. The number of aromatic nitrogens is 2. The Labute approximate surface area is 195 Å². The quantitative estimate of drug-likeness (QED) is 0.481. The van der Waals surface area contributed by atoms with Gasteiger partial charge in [-0.1, -0.05) is 22.8 Å². The van der Waals surface area contributed by atoms with Gasteiger partial charge in [0.2, 0.25) is 17.6 Å².